The lowest BCUT2D eigenvalue weighted by molar-refractivity contribution is -0.150. The molecule has 2 amide bonds. The van der Waals surface area contributed by atoms with Gasteiger partial charge in [0.1, 0.15) is 22.1 Å². The molecule has 13 heteroatoms. The number of amides is 2. The topological polar surface area (TPSA) is 125 Å². The Balaban J connectivity index is 1.44. The van der Waals surface area contributed by atoms with Gasteiger partial charge >= 0.3 is 11.7 Å². The van der Waals surface area contributed by atoms with Crippen molar-refractivity contribution in [2.45, 2.75) is 22.9 Å². The highest BCUT2D eigenvalue weighted by Gasteiger charge is 2.54. The van der Waals surface area contributed by atoms with Crippen LogP contribution in [-0.2, 0) is 20.8 Å². The predicted octanol–water partition coefficient (Wildman–Crippen LogP) is 0.576. The van der Waals surface area contributed by atoms with Gasteiger partial charge in [0.2, 0.25) is 5.91 Å². The van der Waals surface area contributed by atoms with Crippen LogP contribution in [0, 0.1) is 0 Å². The van der Waals surface area contributed by atoms with E-state index in [4.69, 9.17) is 0 Å². The summed E-state index contributed by atoms with van der Waals surface area (Å²) in [6, 6.07) is 4.64. The molecule has 0 bridgehead atoms. The third-order valence-electron chi connectivity index (χ3n) is 5.07. The maximum atomic E-state index is 12.7. The predicted molar refractivity (Wildman–Crippen MR) is 127 cm³/mol. The van der Waals surface area contributed by atoms with E-state index in [0.717, 1.165) is 4.88 Å². The number of nitrogens with zero attached hydrogens (tertiary/aromatic N) is 4. The highest BCUT2D eigenvalue weighted by Crippen LogP contribution is 2.41. The van der Waals surface area contributed by atoms with E-state index in [1.165, 1.54) is 44.4 Å². The molecule has 0 saturated carbocycles. The second-order valence-electron chi connectivity index (χ2n) is 7.50. The Morgan fingerprint density at radius 1 is 1.33 bits per heavy atom. The fraction of sp³-hybridized carbons (Fsp3) is 0.350. The molecular weight excluding hydrogens is 486 g/mol. The van der Waals surface area contributed by atoms with Crippen LogP contribution < -0.4 is 16.0 Å². The molecule has 4 rings (SSSR count). The molecule has 33 heavy (non-hydrogen) atoms. The first-order valence-corrected chi connectivity index (χ1v) is 12.8. The van der Waals surface area contributed by atoms with E-state index in [1.807, 2.05) is 17.5 Å². The standard InChI is InChI=1S/C20H21N5O5S3/c1-23(2)24-6-5-14(22-20(24)30)32-9-11-10-33-18-15(17(27)25(18)16(11)19(28)29)21-13(26)8-12-4-3-7-31-12/h3-7,15,18H,8-10H2,1-2H3,(H,21,26)(H,28,29)/t15-,18-/m1/s1. The first-order chi connectivity index (χ1) is 15.8. The van der Waals surface area contributed by atoms with Crippen LogP contribution in [0.15, 0.2) is 50.9 Å². The van der Waals surface area contributed by atoms with E-state index in [0.29, 0.717) is 16.4 Å². The molecular formula is C20H21N5O5S3. The lowest BCUT2D eigenvalue weighted by atomic mass is 10.0. The van der Waals surface area contributed by atoms with E-state index in [9.17, 15) is 24.3 Å². The van der Waals surface area contributed by atoms with Crippen LogP contribution in [0.1, 0.15) is 4.88 Å². The summed E-state index contributed by atoms with van der Waals surface area (Å²) in [6.07, 6.45) is 1.78. The number of carbonyl (C=O) groups excluding carboxylic acids is 2. The Kier molecular flexibility index (Phi) is 6.81. The molecule has 0 radical (unpaired) electrons. The summed E-state index contributed by atoms with van der Waals surface area (Å²) < 4.78 is 1.35. The van der Waals surface area contributed by atoms with Crippen molar-refractivity contribution in [2.24, 2.45) is 0 Å². The van der Waals surface area contributed by atoms with E-state index < -0.39 is 29.0 Å². The monoisotopic (exact) mass is 507 g/mol. The molecule has 0 unspecified atom stereocenters. The minimum atomic E-state index is -1.19. The SMILES string of the molecule is CN(C)n1ccc(SCC2=C(C(=O)O)N3C(=O)[C@@H](NC(=O)Cc4cccs4)[C@H]3SC2)nc1=O. The van der Waals surface area contributed by atoms with Gasteiger partial charge in [-0.3, -0.25) is 14.5 Å². The van der Waals surface area contributed by atoms with Gasteiger partial charge < -0.3 is 15.4 Å². The van der Waals surface area contributed by atoms with Gasteiger partial charge in [-0.1, -0.05) is 6.07 Å². The van der Waals surface area contributed by atoms with Crippen molar-refractivity contribution in [1.29, 1.82) is 0 Å². The number of carboxylic acids is 1. The largest absolute Gasteiger partial charge is 0.477 e. The first-order valence-electron chi connectivity index (χ1n) is 9.88. The molecule has 2 N–H and O–H groups in total. The number of aromatic nitrogens is 2. The Hall–Kier alpha value is -2.77. The number of fused-ring (bicyclic) bond motifs is 1. The van der Waals surface area contributed by atoms with Gasteiger partial charge in [-0.15, -0.1) is 34.9 Å². The van der Waals surface area contributed by atoms with E-state index in [2.05, 4.69) is 10.3 Å². The maximum absolute atomic E-state index is 12.7. The average molecular weight is 508 g/mol. The molecule has 0 spiro atoms. The van der Waals surface area contributed by atoms with Crippen molar-refractivity contribution in [3.8, 4) is 0 Å². The number of rotatable bonds is 8. The second kappa shape index (κ2) is 9.61. The number of nitrogens with one attached hydrogen (secondary N) is 1. The molecule has 10 nitrogen and oxygen atoms in total. The summed E-state index contributed by atoms with van der Waals surface area (Å²) in [4.78, 5) is 55.3. The zero-order valence-electron chi connectivity index (χ0n) is 17.8. The quantitative estimate of drug-likeness (QED) is 0.300. The fourth-order valence-electron chi connectivity index (χ4n) is 3.52. The summed E-state index contributed by atoms with van der Waals surface area (Å²) in [5, 5.41) is 16.0. The van der Waals surface area contributed by atoms with Gasteiger partial charge in [-0.05, 0) is 23.1 Å². The number of thiophene rings is 1. The summed E-state index contributed by atoms with van der Waals surface area (Å²) in [6.45, 7) is 0. The molecule has 0 aliphatic carbocycles. The summed E-state index contributed by atoms with van der Waals surface area (Å²) in [5.74, 6) is -1.22. The second-order valence-corrected chi connectivity index (χ2v) is 10.6. The Labute approximate surface area is 201 Å². The Morgan fingerprint density at radius 2 is 2.12 bits per heavy atom. The number of carbonyl (C=O) groups is 3. The smallest absolute Gasteiger partial charge is 0.367 e. The van der Waals surface area contributed by atoms with Crippen molar-refractivity contribution in [1.82, 2.24) is 19.9 Å². The van der Waals surface area contributed by atoms with E-state index in [1.54, 1.807) is 31.4 Å². The van der Waals surface area contributed by atoms with Gasteiger partial charge in [0.25, 0.3) is 5.91 Å². The number of β-lactam (4-membered cyclic amide) rings is 1. The van der Waals surface area contributed by atoms with Crippen LogP contribution in [0.4, 0.5) is 0 Å². The lowest BCUT2D eigenvalue weighted by Crippen LogP contribution is -2.70. The number of hydrogen-bond donors (Lipinski definition) is 2. The van der Waals surface area contributed by atoms with Crippen LogP contribution in [0.25, 0.3) is 0 Å². The Bertz CT molecular complexity index is 1180. The number of aliphatic carboxylic acids is 1. The summed E-state index contributed by atoms with van der Waals surface area (Å²) in [7, 11) is 3.44. The molecule has 1 saturated heterocycles. The summed E-state index contributed by atoms with van der Waals surface area (Å²) in [5.41, 5.74) is 0.0836. The molecule has 4 heterocycles. The van der Waals surface area contributed by atoms with Gasteiger partial charge in [0.05, 0.1) is 6.42 Å². The fourth-order valence-corrected chi connectivity index (χ4v) is 6.56. The molecule has 2 atom stereocenters. The van der Waals surface area contributed by atoms with Crippen LogP contribution in [0.5, 0.6) is 0 Å². The van der Waals surface area contributed by atoms with E-state index in [-0.39, 0.29) is 23.8 Å². The first kappa shape index (κ1) is 23.4. The van der Waals surface area contributed by atoms with Crippen LogP contribution in [-0.4, -0.2) is 74.5 Å². The van der Waals surface area contributed by atoms with Gasteiger partial charge in [-0.25, -0.2) is 14.3 Å². The van der Waals surface area contributed by atoms with Crippen molar-refractivity contribution in [3.63, 3.8) is 0 Å². The normalized spacial score (nSPS) is 19.7. The van der Waals surface area contributed by atoms with Gasteiger partial charge in [0.15, 0.2) is 0 Å². The van der Waals surface area contributed by atoms with Crippen LogP contribution in [0.2, 0.25) is 0 Å². The highest BCUT2D eigenvalue weighted by molar-refractivity contribution is 8.01. The highest BCUT2D eigenvalue weighted by atomic mass is 32.2. The van der Waals surface area contributed by atoms with E-state index >= 15 is 0 Å². The minimum absolute atomic E-state index is 0.0540. The molecule has 174 valence electrons. The molecule has 2 aromatic heterocycles. The number of thioether (sulfide) groups is 2. The van der Waals surface area contributed by atoms with Crippen molar-refractivity contribution in [3.05, 3.63) is 56.4 Å². The molecule has 0 aromatic carbocycles. The van der Waals surface area contributed by atoms with Crippen LogP contribution >= 0.6 is 34.9 Å². The molecule has 1 fully saturated rings. The Morgan fingerprint density at radius 3 is 2.76 bits per heavy atom. The van der Waals surface area contributed by atoms with Crippen molar-refractivity contribution < 1.29 is 19.5 Å². The number of carboxylic acid groups (broad SMARTS) is 1. The number of hydrogen-bond acceptors (Lipinski definition) is 9. The lowest BCUT2D eigenvalue weighted by Gasteiger charge is -2.49. The maximum Gasteiger partial charge on any atom is 0.367 e. The third kappa shape index (κ3) is 4.80. The molecule has 2 aliphatic rings. The van der Waals surface area contributed by atoms with Gasteiger partial charge in [-0.2, -0.15) is 4.98 Å². The average Bonchev–Trinajstić information content (AvgIpc) is 3.27. The zero-order chi connectivity index (χ0) is 23.7. The van der Waals surface area contributed by atoms with Crippen molar-refractivity contribution >= 4 is 52.6 Å². The van der Waals surface area contributed by atoms with Gasteiger partial charge in [0, 0.05) is 36.7 Å². The summed E-state index contributed by atoms with van der Waals surface area (Å²) >= 11 is 4.12. The molecule has 2 aliphatic heterocycles. The molecule has 2 aromatic rings. The van der Waals surface area contributed by atoms with Crippen molar-refractivity contribution in [2.75, 3.05) is 30.6 Å². The zero-order valence-corrected chi connectivity index (χ0v) is 20.2. The third-order valence-corrected chi connectivity index (χ3v) is 8.30. The minimum Gasteiger partial charge on any atom is -0.477 e. The van der Waals surface area contributed by atoms with Crippen LogP contribution in [0.3, 0.4) is 0 Å².